The van der Waals surface area contributed by atoms with Crippen LogP contribution in [0.2, 0.25) is 0 Å². The second-order valence-corrected chi connectivity index (χ2v) is 7.16. The summed E-state index contributed by atoms with van der Waals surface area (Å²) in [5.41, 5.74) is 2.08. The van der Waals surface area contributed by atoms with E-state index in [1.54, 1.807) is 18.3 Å². The van der Waals surface area contributed by atoms with Gasteiger partial charge in [-0.25, -0.2) is 17.5 Å². The number of nitrogens with one attached hydrogen (secondary N) is 2. The molecule has 0 unspecified atom stereocenters. The number of aromatic amines is 1. The van der Waals surface area contributed by atoms with Crippen molar-refractivity contribution in [2.24, 2.45) is 0 Å². The van der Waals surface area contributed by atoms with E-state index in [1.165, 1.54) is 37.4 Å². The highest BCUT2D eigenvalue weighted by atomic mass is 32.2. The molecule has 2 N–H and O–H groups in total. The zero-order valence-corrected chi connectivity index (χ0v) is 14.3. The molecule has 0 fully saturated rings. The smallest absolute Gasteiger partial charge is 0.240 e. The van der Waals surface area contributed by atoms with Crippen molar-refractivity contribution < 1.29 is 17.5 Å². The molecule has 0 spiro atoms. The van der Waals surface area contributed by atoms with Crippen LogP contribution in [0.4, 0.5) is 4.39 Å². The molecule has 3 rings (SSSR count). The molecule has 0 amide bonds. The van der Waals surface area contributed by atoms with E-state index in [-0.39, 0.29) is 17.3 Å². The Balaban J connectivity index is 1.87. The number of ether oxygens (including phenoxy) is 1. The van der Waals surface area contributed by atoms with E-state index in [4.69, 9.17) is 4.74 Å². The third kappa shape index (κ3) is 3.89. The van der Waals surface area contributed by atoms with Crippen molar-refractivity contribution in [2.45, 2.75) is 11.4 Å². The van der Waals surface area contributed by atoms with Crippen LogP contribution in [0.1, 0.15) is 5.56 Å². The quantitative estimate of drug-likeness (QED) is 0.708. The molecule has 0 bridgehead atoms. The van der Waals surface area contributed by atoms with Crippen LogP contribution < -0.4 is 9.46 Å². The first-order valence-electron chi connectivity index (χ1n) is 7.55. The summed E-state index contributed by atoms with van der Waals surface area (Å²) in [6, 6.07) is 14.0. The van der Waals surface area contributed by atoms with Gasteiger partial charge in [-0.1, -0.05) is 12.1 Å². The maximum Gasteiger partial charge on any atom is 0.240 e. The Morgan fingerprint density at radius 1 is 1.12 bits per heavy atom. The lowest BCUT2D eigenvalue weighted by Gasteiger charge is -2.11. The molecule has 0 radical (unpaired) electrons. The Labute approximate surface area is 145 Å². The van der Waals surface area contributed by atoms with Gasteiger partial charge in [0.25, 0.3) is 0 Å². The first kappa shape index (κ1) is 17.2. The summed E-state index contributed by atoms with van der Waals surface area (Å²) >= 11 is 0. The van der Waals surface area contributed by atoms with Gasteiger partial charge in [0.1, 0.15) is 11.6 Å². The summed E-state index contributed by atoms with van der Waals surface area (Å²) in [6.07, 6.45) is 1.75. The Morgan fingerprint density at radius 3 is 2.52 bits per heavy atom. The van der Waals surface area contributed by atoms with E-state index < -0.39 is 10.0 Å². The number of methoxy groups -OCH3 is 1. The minimum atomic E-state index is -3.72. The summed E-state index contributed by atoms with van der Waals surface area (Å²) in [6.45, 7) is 0.0759. The van der Waals surface area contributed by atoms with E-state index >= 15 is 0 Å². The average Bonchev–Trinajstić information content (AvgIpc) is 3.15. The third-order valence-electron chi connectivity index (χ3n) is 3.75. The molecule has 130 valence electrons. The molecule has 7 heteroatoms. The molecule has 0 aliphatic carbocycles. The second-order valence-electron chi connectivity index (χ2n) is 5.40. The van der Waals surface area contributed by atoms with Crippen molar-refractivity contribution in [3.8, 4) is 17.0 Å². The standard InChI is InChI=1S/C18H17FN2O3S/c1-24-18-9-8-15(11-16(18)17-3-2-10-20-17)25(22,23)21-12-13-4-6-14(19)7-5-13/h2-11,20-21H,12H2,1H3. The molecule has 1 heterocycles. The van der Waals surface area contributed by atoms with E-state index in [1.807, 2.05) is 12.1 Å². The van der Waals surface area contributed by atoms with Crippen LogP contribution in [-0.4, -0.2) is 20.5 Å². The van der Waals surface area contributed by atoms with Crippen LogP contribution in [0.25, 0.3) is 11.3 Å². The van der Waals surface area contributed by atoms with Gasteiger partial charge in [0, 0.05) is 24.0 Å². The van der Waals surface area contributed by atoms with E-state index in [9.17, 15) is 12.8 Å². The molecule has 0 aliphatic heterocycles. The molecule has 0 saturated carbocycles. The Bertz CT molecular complexity index is 952. The van der Waals surface area contributed by atoms with Gasteiger partial charge in [-0.3, -0.25) is 0 Å². The number of aromatic nitrogens is 1. The van der Waals surface area contributed by atoms with Gasteiger partial charge in [0.05, 0.1) is 12.0 Å². The topological polar surface area (TPSA) is 71.2 Å². The monoisotopic (exact) mass is 360 g/mol. The van der Waals surface area contributed by atoms with Crippen LogP contribution in [0, 0.1) is 5.82 Å². The largest absolute Gasteiger partial charge is 0.496 e. The fraction of sp³-hybridized carbons (Fsp3) is 0.111. The summed E-state index contributed by atoms with van der Waals surface area (Å²) in [5.74, 6) is 0.206. The van der Waals surface area contributed by atoms with Gasteiger partial charge in [0.15, 0.2) is 0 Å². The lowest BCUT2D eigenvalue weighted by molar-refractivity contribution is 0.416. The van der Waals surface area contributed by atoms with Gasteiger partial charge in [-0.05, 0) is 48.0 Å². The summed E-state index contributed by atoms with van der Waals surface area (Å²) in [4.78, 5) is 3.16. The Hall–Kier alpha value is -2.64. The van der Waals surface area contributed by atoms with Crippen molar-refractivity contribution in [2.75, 3.05) is 7.11 Å². The van der Waals surface area contributed by atoms with Crippen molar-refractivity contribution >= 4 is 10.0 Å². The highest BCUT2D eigenvalue weighted by Crippen LogP contribution is 2.31. The molecule has 0 aliphatic rings. The van der Waals surface area contributed by atoms with Crippen LogP contribution in [0.5, 0.6) is 5.75 Å². The van der Waals surface area contributed by atoms with Crippen molar-refractivity contribution in [3.05, 3.63) is 72.2 Å². The number of halogens is 1. The lowest BCUT2D eigenvalue weighted by Crippen LogP contribution is -2.23. The van der Waals surface area contributed by atoms with Crippen LogP contribution in [0.3, 0.4) is 0 Å². The molecule has 0 saturated heterocycles. The molecule has 0 atom stereocenters. The Kier molecular flexibility index (Phi) is 4.87. The second kappa shape index (κ2) is 7.08. The molecule has 3 aromatic rings. The lowest BCUT2D eigenvalue weighted by atomic mass is 10.1. The number of hydrogen-bond donors (Lipinski definition) is 2. The van der Waals surface area contributed by atoms with Crippen molar-refractivity contribution in [1.29, 1.82) is 0 Å². The average molecular weight is 360 g/mol. The number of sulfonamides is 1. The number of benzene rings is 2. The summed E-state index contributed by atoms with van der Waals surface area (Å²) < 4.78 is 45.9. The minimum absolute atomic E-state index is 0.0759. The molecule has 1 aromatic heterocycles. The predicted octanol–water partition coefficient (Wildman–Crippen LogP) is 3.31. The maximum atomic E-state index is 12.9. The normalized spacial score (nSPS) is 11.4. The molecular formula is C18H17FN2O3S. The highest BCUT2D eigenvalue weighted by Gasteiger charge is 2.17. The van der Waals surface area contributed by atoms with Crippen LogP contribution >= 0.6 is 0 Å². The molecule has 25 heavy (non-hydrogen) atoms. The van der Waals surface area contributed by atoms with Gasteiger partial charge in [-0.15, -0.1) is 0 Å². The summed E-state index contributed by atoms with van der Waals surface area (Å²) in [5, 5.41) is 0. The van der Waals surface area contributed by atoms with Gasteiger partial charge in [-0.2, -0.15) is 0 Å². The van der Waals surface area contributed by atoms with Crippen LogP contribution in [0.15, 0.2) is 65.7 Å². The first-order chi connectivity index (χ1) is 12.0. The SMILES string of the molecule is COc1ccc(S(=O)(=O)NCc2ccc(F)cc2)cc1-c1ccc[nH]1. The van der Waals surface area contributed by atoms with E-state index in [0.717, 1.165) is 5.69 Å². The first-order valence-corrected chi connectivity index (χ1v) is 9.04. The zero-order chi connectivity index (χ0) is 17.9. The molecule has 2 aromatic carbocycles. The highest BCUT2D eigenvalue weighted by molar-refractivity contribution is 7.89. The predicted molar refractivity (Wildman–Crippen MR) is 93.2 cm³/mol. The number of hydrogen-bond acceptors (Lipinski definition) is 3. The van der Waals surface area contributed by atoms with Crippen molar-refractivity contribution in [3.63, 3.8) is 0 Å². The molecular weight excluding hydrogens is 343 g/mol. The van der Waals surface area contributed by atoms with Crippen LogP contribution in [-0.2, 0) is 16.6 Å². The number of H-pyrrole nitrogens is 1. The maximum absolute atomic E-state index is 12.9. The summed E-state index contributed by atoms with van der Waals surface area (Å²) in [7, 11) is -2.19. The Morgan fingerprint density at radius 2 is 1.88 bits per heavy atom. The zero-order valence-electron chi connectivity index (χ0n) is 13.5. The van der Waals surface area contributed by atoms with Gasteiger partial charge < -0.3 is 9.72 Å². The minimum Gasteiger partial charge on any atom is -0.496 e. The van der Waals surface area contributed by atoms with Crippen molar-refractivity contribution in [1.82, 2.24) is 9.71 Å². The van der Waals surface area contributed by atoms with E-state index in [2.05, 4.69) is 9.71 Å². The van der Waals surface area contributed by atoms with E-state index in [0.29, 0.717) is 16.9 Å². The fourth-order valence-electron chi connectivity index (χ4n) is 2.43. The van der Waals surface area contributed by atoms with Gasteiger partial charge >= 0.3 is 0 Å². The molecule has 5 nitrogen and oxygen atoms in total. The van der Waals surface area contributed by atoms with Gasteiger partial charge in [0.2, 0.25) is 10.0 Å². The number of rotatable bonds is 6. The third-order valence-corrected chi connectivity index (χ3v) is 5.15. The fourth-order valence-corrected chi connectivity index (χ4v) is 3.47.